The molecule has 6 heteroatoms. The summed E-state index contributed by atoms with van der Waals surface area (Å²) in [5.74, 6) is -0.388. The van der Waals surface area contributed by atoms with Crippen LogP contribution in [0.4, 0.5) is 0 Å². The highest BCUT2D eigenvalue weighted by Crippen LogP contribution is 2.17. The molecule has 2 rings (SSSR count). The van der Waals surface area contributed by atoms with E-state index in [0.717, 1.165) is 11.1 Å². The van der Waals surface area contributed by atoms with Crippen molar-refractivity contribution in [3.8, 4) is 0 Å². The van der Waals surface area contributed by atoms with Crippen LogP contribution in [-0.4, -0.2) is 23.5 Å². The van der Waals surface area contributed by atoms with Gasteiger partial charge in [0.1, 0.15) is 0 Å². The van der Waals surface area contributed by atoms with E-state index in [4.69, 9.17) is 11.6 Å². The Morgan fingerprint density at radius 3 is 2.25 bits per heavy atom. The Balaban J connectivity index is 2.02. The van der Waals surface area contributed by atoms with E-state index < -0.39 is 6.04 Å². The van der Waals surface area contributed by atoms with Crippen LogP contribution in [0.2, 0.25) is 5.02 Å². The second-order valence-electron chi connectivity index (χ2n) is 5.37. The lowest BCUT2D eigenvalue weighted by atomic mass is 10.1. The lowest BCUT2D eigenvalue weighted by Gasteiger charge is -2.17. The van der Waals surface area contributed by atoms with Gasteiger partial charge in [0.2, 0.25) is 5.91 Å². The summed E-state index contributed by atoms with van der Waals surface area (Å²) in [6.45, 7) is 1.66. The van der Waals surface area contributed by atoms with E-state index in [-0.39, 0.29) is 18.4 Å². The van der Waals surface area contributed by atoms with E-state index in [2.05, 4.69) is 10.6 Å². The van der Waals surface area contributed by atoms with Crippen molar-refractivity contribution in [2.75, 3.05) is 6.61 Å². The fraction of sp³-hybridized carbons (Fsp3) is 0.222. The van der Waals surface area contributed by atoms with Crippen LogP contribution < -0.4 is 10.6 Å². The van der Waals surface area contributed by atoms with Gasteiger partial charge in [0.25, 0.3) is 5.91 Å². The molecule has 2 aromatic rings. The number of amides is 2. The van der Waals surface area contributed by atoms with Gasteiger partial charge in [0.05, 0.1) is 12.6 Å². The van der Waals surface area contributed by atoms with Gasteiger partial charge in [-0.25, -0.2) is 0 Å². The van der Waals surface area contributed by atoms with Gasteiger partial charge in [0, 0.05) is 24.1 Å². The van der Waals surface area contributed by atoms with Crippen LogP contribution >= 0.6 is 11.6 Å². The molecule has 0 aliphatic rings. The van der Waals surface area contributed by atoms with Crippen molar-refractivity contribution in [1.29, 1.82) is 0 Å². The van der Waals surface area contributed by atoms with Gasteiger partial charge < -0.3 is 15.7 Å². The highest BCUT2D eigenvalue weighted by atomic mass is 35.5. The van der Waals surface area contributed by atoms with Gasteiger partial charge in [-0.1, -0.05) is 35.9 Å². The molecule has 1 unspecified atom stereocenters. The summed E-state index contributed by atoms with van der Waals surface area (Å²) >= 11 is 5.85. The second-order valence-corrected chi connectivity index (χ2v) is 5.80. The highest BCUT2D eigenvalue weighted by Gasteiger charge is 2.15. The molecular weight excluding hydrogens is 328 g/mol. The number of nitrogens with one attached hydrogen (secondary N) is 2. The smallest absolute Gasteiger partial charge is 0.251 e. The van der Waals surface area contributed by atoms with Gasteiger partial charge in [-0.05, 0) is 35.4 Å². The van der Waals surface area contributed by atoms with E-state index in [1.54, 1.807) is 48.5 Å². The van der Waals surface area contributed by atoms with Crippen molar-refractivity contribution in [2.24, 2.45) is 0 Å². The van der Waals surface area contributed by atoms with E-state index in [1.165, 1.54) is 6.92 Å². The van der Waals surface area contributed by atoms with E-state index in [1.807, 2.05) is 0 Å². The monoisotopic (exact) mass is 346 g/mol. The Bertz CT molecular complexity index is 699. The molecule has 0 fully saturated rings. The number of carbonyl (C=O) groups is 2. The molecule has 0 radical (unpaired) electrons. The lowest BCUT2D eigenvalue weighted by molar-refractivity contribution is -0.119. The van der Waals surface area contributed by atoms with Gasteiger partial charge >= 0.3 is 0 Å². The van der Waals surface area contributed by atoms with Gasteiger partial charge in [0.15, 0.2) is 0 Å². The van der Waals surface area contributed by atoms with Crippen LogP contribution in [-0.2, 0) is 11.3 Å². The maximum Gasteiger partial charge on any atom is 0.251 e. The topological polar surface area (TPSA) is 78.4 Å². The number of aliphatic hydroxyl groups is 1. The third-order valence-electron chi connectivity index (χ3n) is 3.52. The Labute approximate surface area is 145 Å². The number of hydrogen-bond acceptors (Lipinski definition) is 3. The predicted molar refractivity (Wildman–Crippen MR) is 92.7 cm³/mol. The third-order valence-corrected chi connectivity index (χ3v) is 3.77. The van der Waals surface area contributed by atoms with E-state index in [0.29, 0.717) is 17.1 Å². The van der Waals surface area contributed by atoms with Crippen LogP contribution in [0.1, 0.15) is 34.5 Å². The zero-order chi connectivity index (χ0) is 17.5. The van der Waals surface area contributed by atoms with Crippen molar-refractivity contribution in [1.82, 2.24) is 10.6 Å². The van der Waals surface area contributed by atoms with Crippen LogP contribution in [0.15, 0.2) is 48.5 Å². The molecule has 3 N–H and O–H groups in total. The summed E-state index contributed by atoms with van der Waals surface area (Å²) in [6.07, 6.45) is 0. The summed E-state index contributed by atoms with van der Waals surface area (Å²) in [5.41, 5.74) is 2.16. The summed E-state index contributed by atoms with van der Waals surface area (Å²) in [7, 11) is 0. The first-order chi connectivity index (χ1) is 11.5. The first kappa shape index (κ1) is 18.0. The lowest BCUT2D eigenvalue weighted by Crippen LogP contribution is -2.30. The molecule has 1 atom stereocenters. The van der Waals surface area contributed by atoms with Crippen molar-refractivity contribution in [2.45, 2.75) is 19.5 Å². The molecule has 0 aliphatic heterocycles. The Hall–Kier alpha value is -2.37. The first-order valence-electron chi connectivity index (χ1n) is 7.50. The largest absolute Gasteiger partial charge is 0.394 e. The summed E-state index contributed by atoms with van der Waals surface area (Å²) in [6, 6.07) is 13.4. The van der Waals surface area contributed by atoms with Gasteiger partial charge in [-0.15, -0.1) is 0 Å². The average Bonchev–Trinajstić information content (AvgIpc) is 2.59. The standard InChI is InChI=1S/C18H19ClN2O3/c1-12(23)20-10-13-2-4-15(5-3-13)18(24)21-17(11-22)14-6-8-16(19)9-7-14/h2-9,17,22H,10-11H2,1H3,(H,20,23)(H,21,24). The minimum absolute atomic E-state index is 0.106. The Morgan fingerprint density at radius 2 is 1.71 bits per heavy atom. The summed E-state index contributed by atoms with van der Waals surface area (Å²) in [4.78, 5) is 23.2. The predicted octanol–water partition coefficient (Wildman–Crippen LogP) is 2.44. The van der Waals surface area contributed by atoms with E-state index >= 15 is 0 Å². The number of halogens is 1. The fourth-order valence-electron chi connectivity index (χ4n) is 2.17. The third kappa shape index (κ3) is 5.08. The highest BCUT2D eigenvalue weighted by molar-refractivity contribution is 6.30. The number of aliphatic hydroxyl groups excluding tert-OH is 1. The minimum atomic E-state index is -0.506. The molecule has 0 aromatic heterocycles. The maximum absolute atomic E-state index is 12.3. The van der Waals surface area contributed by atoms with Crippen molar-refractivity contribution < 1.29 is 14.7 Å². The van der Waals surface area contributed by atoms with Crippen LogP contribution in [0, 0.1) is 0 Å². The normalized spacial score (nSPS) is 11.6. The SMILES string of the molecule is CC(=O)NCc1ccc(C(=O)NC(CO)c2ccc(Cl)cc2)cc1. The van der Waals surface area contributed by atoms with Crippen molar-refractivity contribution in [3.63, 3.8) is 0 Å². The number of benzene rings is 2. The number of rotatable bonds is 6. The maximum atomic E-state index is 12.3. The second kappa shape index (κ2) is 8.47. The summed E-state index contributed by atoms with van der Waals surface area (Å²) < 4.78 is 0. The fourth-order valence-corrected chi connectivity index (χ4v) is 2.30. The molecule has 0 bridgehead atoms. The van der Waals surface area contributed by atoms with E-state index in [9.17, 15) is 14.7 Å². The zero-order valence-corrected chi connectivity index (χ0v) is 14.0. The molecule has 126 valence electrons. The van der Waals surface area contributed by atoms with Crippen LogP contribution in [0.25, 0.3) is 0 Å². The molecule has 0 aliphatic carbocycles. The zero-order valence-electron chi connectivity index (χ0n) is 13.3. The molecular formula is C18H19ClN2O3. The Morgan fingerprint density at radius 1 is 1.08 bits per heavy atom. The number of carbonyl (C=O) groups excluding carboxylic acids is 2. The molecule has 5 nitrogen and oxygen atoms in total. The molecule has 2 amide bonds. The molecule has 2 aromatic carbocycles. The molecule has 0 heterocycles. The molecule has 24 heavy (non-hydrogen) atoms. The van der Waals surface area contributed by atoms with Gasteiger partial charge in [-0.2, -0.15) is 0 Å². The Kier molecular flexibility index (Phi) is 6.35. The minimum Gasteiger partial charge on any atom is -0.394 e. The molecule has 0 saturated carbocycles. The molecule has 0 saturated heterocycles. The van der Waals surface area contributed by atoms with Crippen LogP contribution in [0.3, 0.4) is 0 Å². The van der Waals surface area contributed by atoms with Crippen molar-refractivity contribution >= 4 is 23.4 Å². The summed E-state index contributed by atoms with van der Waals surface area (Å²) in [5, 5.41) is 15.6. The average molecular weight is 347 g/mol. The van der Waals surface area contributed by atoms with Crippen molar-refractivity contribution in [3.05, 3.63) is 70.2 Å². The number of hydrogen-bond donors (Lipinski definition) is 3. The van der Waals surface area contributed by atoms with Crippen LogP contribution in [0.5, 0.6) is 0 Å². The first-order valence-corrected chi connectivity index (χ1v) is 7.88. The van der Waals surface area contributed by atoms with Gasteiger partial charge in [-0.3, -0.25) is 9.59 Å². The molecule has 0 spiro atoms. The quantitative estimate of drug-likeness (QED) is 0.751.